The van der Waals surface area contributed by atoms with Crippen LogP contribution in [0.4, 0.5) is 0 Å². The Morgan fingerprint density at radius 3 is 3.15 bits per heavy atom. The van der Waals surface area contributed by atoms with Crippen LogP contribution in [0.1, 0.15) is 24.5 Å². The van der Waals surface area contributed by atoms with Gasteiger partial charge in [-0.25, -0.2) is 0 Å². The van der Waals surface area contributed by atoms with Gasteiger partial charge in [0.1, 0.15) is 5.76 Å². The van der Waals surface area contributed by atoms with Crippen LogP contribution >= 0.6 is 11.3 Å². The third-order valence-corrected chi connectivity index (χ3v) is 5.33. The molecular weight excluding hydrogens is 352 g/mol. The number of hydrogen-bond acceptors (Lipinski definition) is 7. The molecule has 26 heavy (non-hydrogen) atoms. The first-order valence-electron chi connectivity index (χ1n) is 8.67. The molecule has 0 bridgehead atoms. The Bertz CT molecular complexity index is 829. The van der Waals surface area contributed by atoms with Crippen molar-refractivity contribution in [3.05, 3.63) is 47.6 Å². The summed E-state index contributed by atoms with van der Waals surface area (Å²) in [6.45, 7) is 2.62. The van der Waals surface area contributed by atoms with Crippen molar-refractivity contribution in [2.45, 2.75) is 25.9 Å². The van der Waals surface area contributed by atoms with Crippen molar-refractivity contribution in [1.29, 1.82) is 0 Å². The van der Waals surface area contributed by atoms with Crippen LogP contribution in [0.3, 0.4) is 0 Å². The van der Waals surface area contributed by atoms with E-state index in [0.29, 0.717) is 31.3 Å². The van der Waals surface area contributed by atoms with Gasteiger partial charge < -0.3 is 14.3 Å². The van der Waals surface area contributed by atoms with Crippen molar-refractivity contribution in [2.75, 3.05) is 13.1 Å². The zero-order valence-corrected chi connectivity index (χ0v) is 15.1. The zero-order valence-electron chi connectivity index (χ0n) is 14.3. The number of carbonyl (C=O) groups excluding carboxylic acids is 1. The van der Waals surface area contributed by atoms with Crippen LogP contribution in [0, 0.1) is 5.92 Å². The van der Waals surface area contributed by atoms with E-state index in [1.165, 1.54) is 0 Å². The quantitative estimate of drug-likeness (QED) is 0.716. The molecule has 1 amide bonds. The van der Waals surface area contributed by atoms with Gasteiger partial charge in [0.2, 0.25) is 17.6 Å². The molecule has 0 saturated carbocycles. The van der Waals surface area contributed by atoms with Gasteiger partial charge in [-0.2, -0.15) is 4.98 Å². The lowest BCUT2D eigenvalue weighted by Gasteiger charge is -2.30. The maximum absolute atomic E-state index is 12.4. The molecule has 1 aliphatic heterocycles. The number of nitrogens with one attached hydrogen (secondary N) is 1. The summed E-state index contributed by atoms with van der Waals surface area (Å²) in [5.41, 5.74) is 0. The molecule has 4 heterocycles. The first-order chi connectivity index (χ1) is 12.8. The number of thiophene rings is 1. The number of furan rings is 1. The molecule has 1 N–H and O–H groups in total. The molecule has 7 nitrogen and oxygen atoms in total. The number of piperidine rings is 1. The summed E-state index contributed by atoms with van der Waals surface area (Å²) < 4.78 is 10.6. The number of nitrogens with zero attached hydrogens (tertiary/aromatic N) is 3. The minimum Gasteiger partial charge on any atom is -0.467 e. The van der Waals surface area contributed by atoms with Gasteiger partial charge in [-0.05, 0) is 43.0 Å². The van der Waals surface area contributed by atoms with Crippen molar-refractivity contribution in [3.63, 3.8) is 0 Å². The van der Waals surface area contributed by atoms with Crippen molar-refractivity contribution in [2.24, 2.45) is 5.92 Å². The predicted octanol–water partition coefficient (Wildman–Crippen LogP) is 2.92. The highest BCUT2D eigenvalue weighted by Gasteiger charge is 2.27. The summed E-state index contributed by atoms with van der Waals surface area (Å²) in [7, 11) is 0. The Kier molecular flexibility index (Phi) is 5.12. The third-order valence-electron chi connectivity index (χ3n) is 4.46. The van der Waals surface area contributed by atoms with Crippen LogP contribution in [0.5, 0.6) is 0 Å². The predicted molar refractivity (Wildman–Crippen MR) is 96.2 cm³/mol. The van der Waals surface area contributed by atoms with E-state index in [4.69, 9.17) is 8.94 Å². The molecule has 0 aromatic carbocycles. The van der Waals surface area contributed by atoms with Crippen LogP contribution in [-0.4, -0.2) is 34.0 Å². The summed E-state index contributed by atoms with van der Waals surface area (Å²) in [4.78, 5) is 20.1. The lowest BCUT2D eigenvalue weighted by molar-refractivity contribution is -0.127. The molecule has 0 radical (unpaired) electrons. The van der Waals surface area contributed by atoms with E-state index in [1.54, 1.807) is 17.6 Å². The number of amides is 1. The molecule has 0 aliphatic carbocycles. The fourth-order valence-electron chi connectivity index (χ4n) is 3.16. The van der Waals surface area contributed by atoms with Crippen LogP contribution in [-0.2, 0) is 17.9 Å². The molecule has 8 heteroatoms. The van der Waals surface area contributed by atoms with Gasteiger partial charge in [0, 0.05) is 6.54 Å². The molecule has 0 spiro atoms. The Hall–Kier alpha value is -2.45. The fraction of sp³-hybridized carbons (Fsp3) is 0.389. The number of aromatic nitrogens is 2. The number of likely N-dealkylation sites (tertiary alicyclic amines) is 1. The minimum atomic E-state index is -0.0293. The Morgan fingerprint density at radius 1 is 1.38 bits per heavy atom. The Morgan fingerprint density at radius 2 is 2.35 bits per heavy atom. The molecule has 1 atom stereocenters. The van der Waals surface area contributed by atoms with Crippen molar-refractivity contribution >= 4 is 17.2 Å². The number of hydrogen-bond donors (Lipinski definition) is 1. The second kappa shape index (κ2) is 7.84. The Labute approximate surface area is 155 Å². The highest BCUT2D eigenvalue weighted by atomic mass is 32.1. The second-order valence-electron chi connectivity index (χ2n) is 6.36. The van der Waals surface area contributed by atoms with Gasteiger partial charge in [0.05, 0.1) is 30.1 Å². The van der Waals surface area contributed by atoms with Gasteiger partial charge in [-0.15, -0.1) is 11.3 Å². The van der Waals surface area contributed by atoms with E-state index in [9.17, 15) is 4.79 Å². The molecular formula is C18H20N4O3S. The summed E-state index contributed by atoms with van der Waals surface area (Å²) in [6, 6.07) is 7.61. The highest BCUT2D eigenvalue weighted by molar-refractivity contribution is 7.13. The first-order valence-corrected chi connectivity index (χ1v) is 9.55. The summed E-state index contributed by atoms with van der Waals surface area (Å²) in [5, 5.41) is 8.98. The van der Waals surface area contributed by atoms with Crippen molar-refractivity contribution in [3.8, 4) is 10.7 Å². The molecule has 3 aromatic rings. The van der Waals surface area contributed by atoms with Crippen LogP contribution in [0.2, 0.25) is 0 Å². The van der Waals surface area contributed by atoms with E-state index >= 15 is 0 Å². The van der Waals surface area contributed by atoms with Crippen LogP contribution in [0.15, 0.2) is 44.8 Å². The van der Waals surface area contributed by atoms with Crippen LogP contribution in [0.25, 0.3) is 10.7 Å². The van der Waals surface area contributed by atoms with E-state index in [2.05, 4.69) is 20.4 Å². The van der Waals surface area contributed by atoms with Crippen LogP contribution < -0.4 is 5.32 Å². The summed E-state index contributed by atoms with van der Waals surface area (Å²) in [6.07, 6.45) is 3.48. The SMILES string of the molecule is O=C(NCc1ccco1)[C@@H]1CCCN(Cc2nc(-c3cccs3)no2)C1. The molecule has 3 aromatic heterocycles. The maximum Gasteiger partial charge on any atom is 0.241 e. The molecule has 136 valence electrons. The van der Waals surface area contributed by atoms with Crippen molar-refractivity contribution in [1.82, 2.24) is 20.4 Å². The van der Waals surface area contributed by atoms with Gasteiger partial charge >= 0.3 is 0 Å². The van der Waals surface area contributed by atoms with Gasteiger partial charge in [-0.3, -0.25) is 9.69 Å². The molecule has 1 fully saturated rings. The third kappa shape index (κ3) is 4.03. The van der Waals surface area contributed by atoms with E-state index in [1.807, 2.05) is 29.6 Å². The zero-order chi connectivity index (χ0) is 17.8. The second-order valence-corrected chi connectivity index (χ2v) is 7.31. The normalized spacial score (nSPS) is 18.1. The summed E-state index contributed by atoms with van der Waals surface area (Å²) >= 11 is 1.58. The Balaban J connectivity index is 1.31. The largest absolute Gasteiger partial charge is 0.467 e. The first kappa shape index (κ1) is 17.0. The summed E-state index contributed by atoms with van der Waals surface area (Å²) in [5.74, 6) is 2.01. The number of rotatable bonds is 6. The average Bonchev–Trinajstić information content (AvgIpc) is 3.41. The standard InChI is InChI=1S/C18H20N4O3S/c23-18(19-10-14-5-2-8-24-14)13-4-1-7-22(11-13)12-16-20-17(21-25-16)15-6-3-9-26-15/h2-3,5-6,8-9,13H,1,4,7,10-12H2,(H,19,23)/t13-/m1/s1. The van der Waals surface area contributed by atoms with Crippen molar-refractivity contribution < 1.29 is 13.7 Å². The van der Waals surface area contributed by atoms with E-state index in [-0.39, 0.29) is 11.8 Å². The minimum absolute atomic E-state index is 0.0293. The average molecular weight is 372 g/mol. The molecule has 0 unspecified atom stereocenters. The fourth-order valence-corrected chi connectivity index (χ4v) is 3.81. The highest BCUT2D eigenvalue weighted by Crippen LogP contribution is 2.23. The van der Waals surface area contributed by atoms with Gasteiger partial charge in [-0.1, -0.05) is 11.2 Å². The lowest BCUT2D eigenvalue weighted by Crippen LogP contribution is -2.42. The van der Waals surface area contributed by atoms with Gasteiger partial charge in [0.15, 0.2) is 0 Å². The molecule has 1 aliphatic rings. The monoisotopic (exact) mass is 372 g/mol. The van der Waals surface area contributed by atoms with E-state index < -0.39 is 0 Å². The molecule has 4 rings (SSSR count). The number of carbonyl (C=O) groups is 1. The van der Waals surface area contributed by atoms with E-state index in [0.717, 1.165) is 30.0 Å². The van der Waals surface area contributed by atoms with Gasteiger partial charge in [0.25, 0.3) is 0 Å². The molecule has 1 saturated heterocycles. The maximum atomic E-state index is 12.4. The smallest absolute Gasteiger partial charge is 0.241 e. The topological polar surface area (TPSA) is 84.4 Å². The lowest BCUT2D eigenvalue weighted by atomic mass is 9.97.